The largest absolute Gasteiger partial charge is 0.390 e. The number of aromatic nitrogens is 2. The molecule has 1 amide bonds. The predicted octanol–water partition coefficient (Wildman–Crippen LogP) is -0.491. The molecule has 2 saturated heterocycles. The molecule has 0 radical (unpaired) electrons. The van der Waals surface area contributed by atoms with E-state index < -0.39 is 66.8 Å². The van der Waals surface area contributed by atoms with Gasteiger partial charge in [-0.2, -0.15) is 4.98 Å². The number of aliphatic hydroxyl groups excluding tert-OH is 3. The van der Waals surface area contributed by atoms with Gasteiger partial charge in [0.15, 0.2) is 6.29 Å². The van der Waals surface area contributed by atoms with Crippen molar-refractivity contribution in [2.75, 3.05) is 25.7 Å². The number of carbonyl (C=O) groups is 1. The Bertz CT molecular complexity index is 948. The average Bonchev–Trinajstić information content (AvgIpc) is 2.77. The third kappa shape index (κ3) is 6.49. The molecule has 13 heteroatoms. The van der Waals surface area contributed by atoms with E-state index in [4.69, 9.17) is 14.2 Å². The summed E-state index contributed by atoms with van der Waals surface area (Å²) in [7, 11) is 3.56. The van der Waals surface area contributed by atoms with E-state index in [1.54, 1.807) is 38.3 Å². The van der Waals surface area contributed by atoms with E-state index in [0.29, 0.717) is 0 Å². The minimum atomic E-state index is -1.32. The van der Waals surface area contributed by atoms with Gasteiger partial charge in [-0.25, -0.2) is 4.79 Å². The second kappa shape index (κ2) is 11.9. The molecule has 0 aromatic carbocycles. The zero-order valence-corrected chi connectivity index (χ0v) is 21.2. The quantitative estimate of drug-likeness (QED) is 0.348. The van der Waals surface area contributed by atoms with E-state index in [2.05, 4.69) is 10.3 Å². The Hall–Kier alpha value is -1.84. The van der Waals surface area contributed by atoms with Gasteiger partial charge in [0.25, 0.3) is 0 Å². The lowest BCUT2D eigenvalue weighted by atomic mass is 9.95. The number of nitrogens with zero attached hydrogens (tertiary/aromatic N) is 3. The summed E-state index contributed by atoms with van der Waals surface area (Å²) >= 11 is 1.36. The molecule has 0 saturated carbocycles. The van der Waals surface area contributed by atoms with Crippen molar-refractivity contribution in [2.24, 2.45) is 0 Å². The molecule has 12 nitrogen and oxygen atoms in total. The van der Waals surface area contributed by atoms with Crippen molar-refractivity contribution in [3.63, 3.8) is 0 Å². The van der Waals surface area contributed by atoms with E-state index in [1.807, 2.05) is 6.26 Å². The Balaban J connectivity index is 1.65. The molecule has 1 aromatic rings. The monoisotopic (exact) mass is 514 g/mol. The molecule has 2 aliphatic rings. The number of thioether (sulfide) groups is 1. The maximum atomic E-state index is 12.5. The lowest BCUT2D eigenvalue weighted by molar-refractivity contribution is -0.322. The van der Waals surface area contributed by atoms with Crippen LogP contribution in [0.1, 0.15) is 26.5 Å². The normalized spacial score (nSPS) is 36.0. The molecule has 0 unspecified atom stereocenters. The maximum absolute atomic E-state index is 12.5. The highest BCUT2D eigenvalue weighted by atomic mass is 32.2. The van der Waals surface area contributed by atoms with Crippen molar-refractivity contribution >= 4 is 23.5 Å². The number of amides is 1. The zero-order chi connectivity index (χ0) is 25.9. The van der Waals surface area contributed by atoms with Gasteiger partial charge in [-0.05, 0) is 45.7 Å². The molecule has 35 heavy (non-hydrogen) atoms. The molecule has 196 valence electrons. The minimum absolute atomic E-state index is 0.0139. The summed E-state index contributed by atoms with van der Waals surface area (Å²) in [5.74, 6) is -0.315. The van der Waals surface area contributed by atoms with E-state index >= 15 is 0 Å². The second-order valence-electron chi connectivity index (χ2n) is 8.87. The smallest absolute Gasteiger partial charge is 0.351 e. The van der Waals surface area contributed by atoms with Crippen molar-refractivity contribution in [1.82, 2.24) is 14.5 Å². The Morgan fingerprint density at radius 3 is 2.57 bits per heavy atom. The van der Waals surface area contributed by atoms with Crippen LogP contribution in [-0.4, -0.2) is 105 Å². The van der Waals surface area contributed by atoms with E-state index in [-0.39, 0.29) is 12.2 Å². The highest BCUT2D eigenvalue weighted by Crippen LogP contribution is 2.32. The Labute approximate surface area is 207 Å². The van der Waals surface area contributed by atoms with Gasteiger partial charge in [-0.15, -0.1) is 11.8 Å². The highest BCUT2D eigenvalue weighted by molar-refractivity contribution is 8.01. The number of anilines is 1. The van der Waals surface area contributed by atoms with Gasteiger partial charge in [-0.3, -0.25) is 9.36 Å². The lowest BCUT2D eigenvalue weighted by Gasteiger charge is -2.46. The number of ether oxygens (including phenoxy) is 3. The summed E-state index contributed by atoms with van der Waals surface area (Å²) in [5.41, 5.74) is -0.655. The number of aliphatic hydroxyl groups is 3. The van der Waals surface area contributed by atoms with Crippen molar-refractivity contribution in [3.8, 4) is 0 Å². The first kappa shape index (κ1) is 27.7. The number of hydrogen-bond donors (Lipinski definition) is 4. The first-order chi connectivity index (χ1) is 16.5. The molecule has 0 spiro atoms. The average molecular weight is 515 g/mol. The van der Waals surface area contributed by atoms with Crippen molar-refractivity contribution in [2.45, 2.75) is 75.5 Å². The molecule has 0 bridgehead atoms. The number of hydrogen-bond acceptors (Lipinski definition) is 11. The minimum Gasteiger partial charge on any atom is -0.390 e. The molecule has 4 N–H and O–H groups in total. The fraction of sp³-hybridized carbons (Fsp3) is 0.682. The third-order valence-corrected chi connectivity index (χ3v) is 6.51. The maximum Gasteiger partial charge on any atom is 0.351 e. The van der Waals surface area contributed by atoms with Crippen LogP contribution in [0, 0.1) is 0 Å². The summed E-state index contributed by atoms with van der Waals surface area (Å²) in [6.07, 6.45) is -2.86. The first-order valence-electron chi connectivity index (χ1n) is 11.3. The van der Waals surface area contributed by atoms with Crippen molar-refractivity contribution in [3.05, 3.63) is 34.2 Å². The van der Waals surface area contributed by atoms with Gasteiger partial charge >= 0.3 is 5.69 Å². The summed E-state index contributed by atoms with van der Waals surface area (Å²) in [6, 6.07) is 1.04. The fourth-order valence-corrected chi connectivity index (χ4v) is 4.68. The van der Waals surface area contributed by atoms with Crippen LogP contribution >= 0.6 is 11.8 Å². The molecule has 1 aromatic heterocycles. The van der Waals surface area contributed by atoms with Gasteiger partial charge < -0.3 is 39.7 Å². The van der Waals surface area contributed by atoms with Gasteiger partial charge in [-0.1, -0.05) is 0 Å². The molecule has 2 fully saturated rings. The predicted molar refractivity (Wildman–Crippen MR) is 129 cm³/mol. The van der Waals surface area contributed by atoms with Gasteiger partial charge in [0.1, 0.15) is 30.4 Å². The lowest BCUT2D eigenvalue weighted by Crippen LogP contribution is -2.63. The number of rotatable bonds is 7. The number of nitrogens with one attached hydrogen (secondary N) is 1. The second-order valence-corrected chi connectivity index (χ2v) is 9.62. The van der Waals surface area contributed by atoms with Crippen molar-refractivity contribution in [1.29, 1.82) is 0 Å². The van der Waals surface area contributed by atoms with E-state index in [9.17, 15) is 24.9 Å². The van der Waals surface area contributed by atoms with Crippen LogP contribution in [-0.2, 0) is 19.0 Å². The van der Waals surface area contributed by atoms with Crippen LogP contribution in [0.4, 0.5) is 5.82 Å². The Kier molecular flexibility index (Phi) is 9.46. The molecule has 0 aliphatic carbocycles. The van der Waals surface area contributed by atoms with Crippen LogP contribution in [0.5, 0.6) is 0 Å². The van der Waals surface area contributed by atoms with Crippen LogP contribution in [0.15, 0.2) is 28.5 Å². The van der Waals surface area contributed by atoms with Gasteiger partial charge in [0.05, 0.1) is 24.4 Å². The van der Waals surface area contributed by atoms with E-state index in [0.717, 1.165) is 0 Å². The topological polar surface area (TPSA) is 156 Å². The van der Waals surface area contributed by atoms with Crippen LogP contribution in [0.3, 0.4) is 0 Å². The molecule has 3 rings (SSSR count). The zero-order valence-electron chi connectivity index (χ0n) is 20.3. The highest BCUT2D eigenvalue weighted by Gasteiger charge is 2.47. The molecule has 2 aliphatic heterocycles. The summed E-state index contributed by atoms with van der Waals surface area (Å²) in [4.78, 5) is 30.0. The standard InChI is InChI=1S/C22H34N4O8S/c1-11-17(25(3)4)18(29)19(30)21(33-11)34-20-12(2)32-16(10-13(20)27)26-8-6-14(24-22(26)31)23-15(28)7-9-35-5/h6-9,11-13,16-21,27,29-30H,10H2,1-5H3,(H,23,24,28,31)/b9-7+/t11-,12+,13-,16-,17-,18-,19+,20-,21-/m0/s1. The Morgan fingerprint density at radius 1 is 1.26 bits per heavy atom. The van der Waals surface area contributed by atoms with Gasteiger partial charge in [0, 0.05) is 18.7 Å². The number of likely N-dealkylation sites (N-methyl/N-ethyl adjacent to an activating group) is 1. The fourth-order valence-electron chi connectivity index (χ4n) is 4.42. The van der Waals surface area contributed by atoms with Crippen LogP contribution < -0.4 is 11.0 Å². The summed E-state index contributed by atoms with van der Waals surface area (Å²) in [5, 5.41) is 36.0. The van der Waals surface area contributed by atoms with Crippen LogP contribution in [0.2, 0.25) is 0 Å². The van der Waals surface area contributed by atoms with Gasteiger partial charge in [0.2, 0.25) is 5.91 Å². The van der Waals surface area contributed by atoms with E-state index in [1.165, 1.54) is 34.7 Å². The molecular weight excluding hydrogens is 480 g/mol. The summed E-state index contributed by atoms with van der Waals surface area (Å²) in [6.45, 7) is 3.44. The molecule has 3 heterocycles. The Morgan fingerprint density at radius 2 is 1.97 bits per heavy atom. The third-order valence-electron chi connectivity index (χ3n) is 6.10. The first-order valence-corrected chi connectivity index (χ1v) is 12.6. The summed E-state index contributed by atoms with van der Waals surface area (Å²) < 4.78 is 18.8. The SMILES string of the molecule is CS/C=C/C(=O)Nc1ccn([C@@H]2C[C@H](O)[C@@H](O[C@@H]3O[C@@H](C)[C@H](N(C)C)[C@H](O)[C@H]3O)[C@@H](C)O2)c(=O)n1. The number of carbonyl (C=O) groups excluding carboxylic acids is 1. The molecular formula is C22H34N4O8S. The van der Waals surface area contributed by atoms with Crippen molar-refractivity contribution < 1.29 is 34.3 Å². The van der Waals surface area contributed by atoms with Crippen LogP contribution in [0.25, 0.3) is 0 Å². The molecule has 9 atom stereocenters.